The van der Waals surface area contributed by atoms with Gasteiger partial charge in [0.25, 0.3) is 5.91 Å². The summed E-state index contributed by atoms with van der Waals surface area (Å²) < 4.78 is 5.76. The Morgan fingerprint density at radius 2 is 1.81 bits per heavy atom. The van der Waals surface area contributed by atoms with Gasteiger partial charge in [-0.3, -0.25) is 4.79 Å². The SMILES string of the molecule is Cc1nc(C(=O)NCC(=O)[O-])c(O)c2ccc(Oc3ccccc3)cc12.[K+]. The molecule has 0 radical (unpaired) electrons. The second-order valence-electron chi connectivity index (χ2n) is 5.57. The number of fused-ring (bicyclic) bond motifs is 1. The van der Waals surface area contributed by atoms with E-state index in [4.69, 9.17) is 4.74 Å². The van der Waals surface area contributed by atoms with Crippen LogP contribution in [-0.4, -0.2) is 28.5 Å². The minimum Gasteiger partial charge on any atom is -0.548 e. The number of amides is 1. The number of carbonyl (C=O) groups excluding carboxylic acids is 2. The second-order valence-corrected chi connectivity index (χ2v) is 5.57. The molecule has 27 heavy (non-hydrogen) atoms. The van der Waals surface area contributed by atoms with E-state index < -0.39 is 18.4 Å². The summed E-state index contributed by atoms with van der Waals surface area (Å²) in [4.78, 5) is 26.6. The largest absolute Gasteiger partial charge is 1.00 e. The summed E-state index contributed by atoms with van der Waals surface area (Å²) in [5, 5.41) is 24.0. The predicted octanol–water partition coefficient (Wildman–Crippen LogP) is -1.48. The summed E-state index contributed by atoms with van der Waals surface area (Å²) in [6.07, 6.45) is 0. The molecule has 1 amide bonds. The zero-order valence-electron chi connectivity index (χ0n) is 14.9. The number of aliphatic carboxylic acids is 1. The van der Waals surface area contributed by atoms with Crippen molar-refractivity contribution in [1.82, 2.24) is 10.3 Å². The number of nitrogens with one attached hydrogen (secondary N) is 1. The van der Waals surface area contributed by atoms with Gasteiger partial charge in [0, 0.05) is 16.5 Å². The van der Waals surface area contributed by atoms with Gasteiger partial charge in [0.1, 0.15) is 11.5 Å². The van der Waals surface area contributed by atoms with E-state index in [1.54, 1.807) is 25.1 Å². The van der Waals surface area contributed by atoms with Gasteiger partial charge in [-0.2, -0.15) is 0 Å². The van der Waals surface area contributed by atoms with Gasteiger partial charge in [-0.05, 0) is 37.3 Å². The number of carboxylic acid groups (broad SMARTS) is 1. The maximum absolute atomic E-state index is 12.0. The Hall–Kier alpha value is -1.97. The fourth-order valence-corrected chi connectivity index (χ4v) is 2.52. The van der Waals surface area contributed by atoms with Crippen LogP contribution in [0.2, 0.25) is 0 Å². The Balaban J connectivity index is 0.00000261. The Morgan fingerprint density at radius 1 is 1.11 bits per heavy atom. The molecule has 0 spiro atoms. The number of hydrogen-bond donors (Lipinski definition) is 2. The van der Waals surface area contributed by atoms with Crippen LogP contribution >= 0.6 is 0 Å². The van der Waals surface area contributed by atoms with E-state index in [9.17, 15) is 19.8 Å². The second kappa shape index (κ2) is 9.29. The minimum absolute atomic E-state index is 0. The molecule has 0 aliphatic carbocycles. The Kier molecular flexibility index (Phi) is 7.34. The van der Waals surface area contributed by atoms with Crippen LogP contribution in [0.1, 0.15) is 16.2 Å². The predicted molar refractivity (Wildman–Crippen MR) is 92.0 cm³/mol. The van der Waals surface area contributed by atoms with Gasteiger partial charge >= 0.3 is 51.4 Å². The third-order valence-corrected chi connectivity index (χ3v) is 3.73. The molecule has 0 atom stereocenters. The first-order chi connectivity index (χ1) is 12.5. The summed E-state index contributed by atoms with van der Waals surface area (Å²) in [6.45, 7) is 1.02. The molecule has 0 fully saturated rings. The van der Waals surface area contributed by atoms with Crippen LogP contribution in [0.4, 0.5) is 0 Å². The monoisotopic (exact) mass is 390 g/mol. The number of aromatic hydroxyl groups is 1. The van der Waals surface area contributed by atoms with Crippen LogP contribution in [0.15, 0.2) is 48.5 Å². The number of benzene rings is 2. The fourth-order valence-electron chi connectivity index (χ4n) is 2.52. The van der Waals surface area contributed by atoms with Crippen molar-refractivity contribution in [3.8, 4) is 17.2 Å². The number of hydrogen-bond acceptors (Lipinski definition) is 6. The molecule has 0 aliphatic rings. The van der Waals surface area contributed by atoms with Crippen LogP contribution < -0.4 is 66.5 Å². The van der Waals surface area contributed by atoms with E-state index in [1.807, 2.05) is 30.3 Å². The van der Waals surface area contributed by atoms with E-state index in [-0.39, 0.29) is 62.8 Å². The molecule has 7 nitrogen and oxygen atoms in total. The first-order valence-electron chi connectivity index (χ1n) is 7.80. The van der Waals surface area contributed by atoms with E-state index in [0.29, 0.717) is 28.0 Å². The Labute approximate surface area is 197 Å². The number of carbonyl (C=O) groups is 2. The molecule has 2 aromatic carbocycles. The van der Waals surface area contributed by atoms with Gasteiger partial charge in [0.05, 0.1) is 12.5 Å². The number of aryl methyl sites for hydroxylation is 1. The molecule has 0 saturated carbocycles. The van der Waals surface area contributed by atoms with Crippen molar-refractivity contribution in [2.75, 3.05) is 6.54 Å². The van der Waals surface area contributed by atoms with Gasteiger partial charge in [-0.15, -0.1) is 0 Å². The first-order valence-corrected chi connectivity index (χ1v) is 7.80. The molecule has 1 heterocycles. The number of nitrogens with zero attached hydrogens (tertiary/aromatic N) is 1. The normalized spacial score (nSPS) is 10.1. The molecule has 132 valence electrons. The number of rotatable bonds is 5. The quantitative estimate of drug-likeness (QED) is 0.514. The maximum atomic E-state index is 12.0. The van der Waals surface area contributed by atoms with Gasteiger partial charge in [0.2, 0.25) is 0 Å². The molecule has 0 unspecified atom stereocenters. The van der Waals surface area contributed by atoms with E-state index in [2.05, 4.69) is 10.3 Å². The van der Waals surface area contributed by atoms with Crippen LogP contribution in [0.5, 0.6) is 17.2 Å². The smallest absolute Gasteiger partial charge is 0.548 e. The Morgan fingerprint density at radius 3 is 2.48 bits per heavy atom. The summed E-state index contributed by atoms with van der Waals surface area (Å²) in [5.74, 6) is -1.32. The van der Waals surface area contributed by atoms with Crippen molar-refractivity contribution in [2.45, 2.75) is 6.92 Å². The first kappa shape index (κ1) is 21.3. The summed E-state index contributed by atoms with van der Waals surface area (Å²) in [6, 6.07) is 14.2. The van der Waals surface area contributed by atoms with Crippen molar-refractivity contribution in [1.29, 1.82) is 0 Å². The van der Waals surface area contributed by atoms with Crippen LogP contribution in [0.25, 0.3) is 10.8 Å². The fraction of sp³-hybridized carbons (Fsp3) is 0.105. The third-order valence-electron chi connectivity index (χ3n) is 3.73. The summed E-state index contributed by atoms with van der Waals surface area (Å²) in [5.41, 5.74) is 0.253. The standard InChI is InChI=1S/C19H16N2O5.K/c1-11-15-9-13(26-12-5-3-2-4-6-12)7-8-14(15)18(24)17(21-11)19(25)20-10-16(22)23;/h2-9,24H,10H2,1H3,(H,20,25)(H,22,23);/q;+1/p-1. The van der Waals surface area contributed by atoms with E-state index >= 15 is 0 Å². The molecular weight excluding hydrogens is 375 g/mol. The van der Waals surface area contributed by atoms with Gasteiger partial charge in [-0.25, -0.2) is 4.98 Å². The molecule has 3 aromatic rings. The molecular formula is C19H15KN2O5. The molecule has 8 heteroatoms. The zero-order valence-corrected chi connectivity index (χ0v) is 18.0. The molecule has 2 N–H and O–H groups in total. The van der Waals surface area contributed by atoms with Gasteiger partial charge in [0.15, 0.2) is 11.4 Å². The number of para-hydroxylation sites is 1. The van der Waals surface area contributed by atoms with E-state index in [1.165, 1.54) is 0 Å². The number of pyridine rings is 1. The van der Waals surface area contributed by atoms with Crippen LogP contribution in [0, 0.1) is 6.92 Å². The molecule has 1 aromatic heterocycles. The molecule has 0 aliphatic heterocycles. The molecule has 0 saturated heterocycles. The Bertz CT molecular complexity index is 992. The van der Waals surface area contributed by atoms with Crippen molar-refractivity contribution < 1.29 is 75.9 Å². The van der Waals surface area contributed by atoms with Crippen molar-refractivity contribution >= 4 is 22.6 Å². The minimum atomic E-state index is -1.43. The van der Waals surface area contributed by atoms with Crippen molar-refractivity contribution in [3.63, 3.8) is 0 Å². The zero-order chi connectivity index (χ0) is 18.7. The average molecular weight is 390 g/mol. The average Bonchev–Trinajstić information content (AvgIpc) is 2.63. The maximum Gasteiger partial charge on any atom is 1.00 e. The number of ether oxygens (including phenoxy) is 1. The number of carboxylic acids is 1. The molecule has 3 rings (SSSR count). The van der Waals surface area contributed by atoms with E-state index in [0.717, 1.165) is 0 Å². The molecule has 0 bridgehead atoms. The summed E-state index contributed by atoms with van der Waals surface area (Å²) in [7, 11) is 0. The van der Waals surface area contributed by atoms with Crippen LogP contribution in [-0.2, 0) is 4.79 Å². The van der Waals surface area contributed by atoms with Crippen LogP contribution in [0.3, 0.4) is 0 Å². The van der Waals surface area contributed by atoms with Crippen molar-refractivity contribution in [2.24, 2.45) is 0 Å². The number of aromatic nitrogens is 1. The summed E-state index contributed by atoms with van der Waals surface area (Å²) >= 11 is 0. The topological polar surface area (TPSA) is 112 Å². The third kappa shape index (κ3) is 5.05. The van der Waals surface area contributed by atoms with Gasteiger partial charge < -0.3 is 25.1 Å². The van der Waals surface area contributed by atoms with Gasteiger partial charge in [-0.1, -0.05) is 18.2 Å². The van der Waals surface area contributed by atoms with Crippen molar-refractivity contribution in [3.05, 3.63) is 59.9 Å².